The first-order valence-electron chi connectivity index (χ1n) is 3.33. The number of halogens is 1. The van der Waals surface area contributed by atoms with Crippen LogP contribution in [0.1, 0.15) is 13.8 Å². The monoisotopic (exact) mass is 261 g/mol. The molecule has 0 fully saturated rings. The van der Waals surface area contributed by atoms with Crippen LogP contribution in [0.25, 0.3) is 0 Å². The van der Waals surface area contributed by atoms with Crippen LogP contribution in [0.5, 0.6) is 0 Å². The van der Waals surface area contributed by atoms with Gasteiger partial charge in [0.1, 0.15) is 0 Å². The molecule has 0 aromatic rings. The summed E-state index contributed by atoms with van der Waals surface area (Å²) in [5.41, 5.74) is 0. The molecule has 0 aromatic heterocycles. The third kappa shape index (κ3) is 72.1. The molecular weight excluding hydrogens is 241 g/mol. The van der Waals surface area contributed by atoms with Gasteiger partial charge in [0.2, 0.25) is 0 Å². The van der Waals surface area contributed by atoms with Gasteiger partial charge in [0.05, 0.1) is 0 Å². The second kappa shape index (κ2) is 16.3. The van der Waals surface area contributed by atoms with E-state index in [4.69, 9.17) is 4.74 Å². The molecule has 0 aliphatic carbocycles. The SMILES string of the molecule is CCOCC.CN(C)C.I. The largest absolute Gasteiger partial charge is 0.382 e. The summed E-state index contributed by atoms with van der Waals surface area (Å²) in [6.07, 6.45) is 0. The van der Waals surface area contributed by atoms with Gasteiger partial charge < -0.3 is 9.64 Å². The Kier molecular flexibility index (Phi) is 27.7. The quantitative estimate of drug-likeness (QED) is 0.703. The molecule has 0 saturated carbocycles. The summed E-state index contributed by atoms with van der Waals surface area (Å²) in [6.45, 7) is 5.67. The third-order valence-corrected chi connectivity index (χ3v) is 0.408. The van der Waals surface area contributed by atoms with E-state index < -0.39 is 0 Å². The summed E-state index contributed by atoms with van der Waals surface area (Å²) in [5.74, 6) is 0. The molecule has 0 aromatic carbocycles. The van der Waals surface area contributed by atoms with Gasteiger partial charge in [-0.25, -0.2) is 0 Å². The van der Waals surface area contributed by atoms with E-state index in [0.717, 1.165) is 13.2 Å². The van der Waals surface area contributed by atoms with Crippen molar-refractivity contribution in [1.29, 1.82) is 0 Å². The molecule has 0 atom stereocenters. The Morgan fingerprint density at radius 1 is 1.00 bits per heavy atom. The molecule has 0 bridgehead atoms. The first-order valence-corrected chi connectivity index (χ1v) is 3.33. The van der Waals surface area contributed by atoms with Crippen LogP contribution in [-0.4, -0.2) is 39.3 Å². The fraction of sp³-hybridized carbons (Fsp3) is 1.00. The van der Waals surface area contributed by atoms with Crippen molar-refractivity contribution in [1.82, 2.24) is 4.90 Å². The zero-order chi connectivity index (χ0) is 7.70. The molecule has 2 nitrogen and oxygen atoms in total. The van der Waals surface area contributed by atoms with Gasteiger partial charge in [-0.05, 0) is 35.0 Å². The Balaban J connectivity index is -0.0000000910. The third-order valence-electron chi connectivity index (χ3n) is 0.408. The zero-order valence-corrected chi connectivity index (χ0v) is 10.0. The van der Waals surface area contributed by atoms with Crippen molar-refractivity contribution < 1.29 is 4.74 Å². The Hall–Kier alpha value is 0.650. The van der Waals surface area contributed by atoms with E-state index in [-0.39, 0.29) is 24.0 Å². The van der Waals surface area contributed by atoms with Crippen LogP contribution in [-0.2, 0) is 4.74 Å². The average Bonchev–Trinajstić information content (AvgIpc) is 1.66. The summed E-state index contributed by atoms with van der Waals surface area (Å²) in [6, 6.07) is 0. The van der Waals surface area contributed by atoms with Gasteiger partial charge in [0.25, 0.3) is 0 Å². The van der Waals surface area contributed by atoms with Gasteiger partial charge in [-0.3, -0.25) is 0 Å². The topological polar surface area (TPSA) is 12.5 Å². The van der Waals surface area contributed by atoms with E-state index in [0.29, 0.717) is 0 Å². The normalized spacial score (nSPS) is 7.80. The number of hydrogen-bond donors (Lipinski definition) is 0. The van der Waals surface area contributed by atoms with Crippen LogP contribution >= 0.6 is 24.0 Å². The zero-order valence-electron chi connectivity index (χ0n) is 7.68. The standard InChI is InChI=1S/C4H10O.C3H9N.HI/c1-3-5-4-2;1-4(2)3;/h3-4H2,1-2H3;1-3H3;1H. The maximum atomic E-state index is 4.83. The molecule has 0 spiro atoms. The van der Waals surface area contributed by atoms with Gasteiger partial charge in [-0.1, -0.05) is 0 Å². The van der Waals surface area contributed by atoms with Crippen LogP contribution in [0.15, 0.2) is 0 Å². The maximum absolute atomic E-state index is 4.83. The predicted octanol–water partition coefficient (Wildman–Crippen LogP) is 1.84. The van der Waals surface area contributed by atoms with Crippen molar-refractivity contribution in [2.24, 2.45) is 0 Å². The summed E-state index contributed by atoms with van der Waals surface area (Å²) in [4.78, 5) is 2.00. The van der Waals surface area contributed by atoms with E-state index in [1.54, 1.807) is 0 Å². The summed E-state index contributed by atoms with van der Waals surface area (Å²) < 4.78 is 4.83. The molecule has 10 heavy (non-hydrogen) atoms. The second-order valence-corrected chi connectivity index (χ2v) is 2.12. The van der Waals surface area contributed by atoms with E-state index in [1.807, 2.05) is 39.9 Å². The molecule has 3 heteroatoms. The fourth-order valence-electron chi connectivity index (χ4n) is 0.204. The van der Waals surface area contributed by atoms with Crippen LogP contribution in [0, 0.1) is 0 Å². The van der Waals surface area contributed by atoms with Crippen molar-refractivity contribution in [2.75, 3.05) is 34.4 Å². The number of rotatable bonds is 2. The lowest BCUT2D eigenvalue weighted by atomic mass is 10.8. The smallest absolute Gasteiger partial charge is 0.0437 e. The molecule has 0 aliphatic rings. The minimum atomic E-state index is 0. The van der Waals surface area contributed by atoms with Crippen LogP contribution in [0.4, 0.5) is 0 Å². The Morgan fingerprint density at radius 2 is 1.20 bits per heavy atom. The molecule has 0 heterocycles. The highest BCUT2D eigenvalue weighted by Gasteiger charge is 1.64. The van der Waals surface area contributed by atoms with Crippen LogP contribution in [0.2, 0.25) is 0 Å². The first-order chi connectivity index (χ1) is 4.15. The van der Waals surface area contributed by atoms with Gasteiger partial charge >= 0.3 is 0 Å². The maximum Gasteiger partial charge on any atom is 0.0437 e. The first kappa shape index (κ1) is 16.9. The van der Waals surface area contributed by atoms with Crippen molar-refractivity contribution in [3.63, 3.8) is 0 Å². The van der Waals surface area contributed by atoms with Crippen molar-refractivity contribution in [2.45, 2.75) is 13.8 Å². The molecule has 0 aliphatic heterocycles. The van der Waals surface area contributed by atoms with Crippen LogP contribution < -0.4 is 0 Å². The summed E-state index contributed by atoms with van der Waals surface area (Å²) in [7, 11) is 6.00. The molecule has 66 valence electrons. The summed E-state index contributed by atoms with van der Waals surface area (Å²) >= 11 is 0. The fourth-order valence-corrected chi connectivity index (χ4v) is 0.204. The number of ether oxygens (including phenoxy) is 1. The van der Waals surface area contributed by atoms with Crippen molar-refractivity contribution in [3.05, 3.63) is 0 Å². The Morgan fingerprint density at radius 3 is 1.20 bits per heavy atom. The number of nitrogens with zero attached hydrogens (tertiary/aromatic N) is 1. The lowest BCUT2D eigenvalue weighted by Crippen LogP contribution is -1.99. The molecule has 0 rings (SSSR count). The lowest BCUT2D eigenvalue weighted by Gasteiger charge is -1.90. The highest BCUT2D eigenvalue weighted by Crippen LogP contribution is 1.64. The van der Waals surface area contributed by atoms with Gasteiger partial charge in [-0.2, -0.15) is 0 Å². The minimum Gasteiger partial charge on any atom is -0.382 e. The molecule has 0 radical (unpaired) electrons. The van der Waals surface area contributed by atoms with E-state index in [2.05, 4.69) is 0 Å². The van der Waals surface area contributed by atoms with Crippen molar-refractivity contribution >= 4 is 24.0 Å². The molecule has 0 unspecified atom stereocenters. The van der Waals surface area contributed by atoms with Gasteiger partial charge in [0, 0.05) is 13.2 Å². The van der Waals surface area contributed by atoms with Crippen LogP contribution in [0.3, 0.4) is 0 Å². The van der Waals surface area contributed by atoms with E-state index in [1.165, 1.54) is 0 Å². The highest BCUT2D eigenvalue weighted by molar-refractivity contribution is 14.0. The van der Waals surface area contributed by atoms with Crippen molar-refractivity contribution in [3.8, 4) is 0 Å². The average molecular weight is 261 g/mol. The Labute approximate surface area is 82.0 Å². The van der Waals surface area contributed by atoms with Gasteiger partial charge in [0.15, 0.2) is 0 Å². The van der Waals surface area contributed by atoms with E-state index >= 15 is 0 Å². The lowest BCUT2D eigenvalue weighted by molar-refractivity contribution is 0.162. The molecular formula is C7H20INO. The number of hydrogen-bond acceptors (Lipinski definition) is 2. The molecule has 0 saturated heterocycles. The van der Waals surface area contributed by atoms with E-state index in [9.17, 15) is 0 Å². The summed E-state index contributed by atoms with van der Waals surface area (Å²) in [5, 5.41) is 0. The Bertz CT molecular complexity index is 37.8. The second-order valence-electron chi connectivity index (χ2n) is 2.12. The minimum absolute atomic E-state index is 0. The predicted molar refractivity (Wildman–Crippen MR) is 57.2 cm³/mol. The molecule has 0 N–H and O–H groups in total. The highest BCUT2D eigenvalue weighted by atomic mass is 127. The van der Waals surface area contributed by atoms with Gasteiger partial charge in [-0.15, -0.1) is 24.0 Å². The molecule has 0 amide bonds.